The monoisotopic (exact) mass is 405 g/mol. The van der Waals surface area contributed by atoms with Crippen molar-refractivity contribution in [2.45, 2.75) is 46.3 Å². The van der Waals surface area contributed by atoms with E-state index in [9.17, 15) is 9.59 Å². The molecule has 0 fully saturated rings. The third kappa shape index (κ3) is 6.33. The highest BCUT2D eigenvalue weighted by atomic mass is 127. The number of nitrogens with one attached hydrogen (secondary N) is 1. The molecule has 0 atom stereocenters. The third-order valence-corrected chi connectivity index (χ3v) is 3.30. The van der Waals surface area contributed by atoms with Gasteiger partial charge in [-0.05, 0) is 49.4 Å². The molecule has 1 N–H and O–H groups in total. The highest BCUT2D eigenvalue weighted by molar-refractivity contribution is 14.1. The van der Waals surface area contributed by atoms with Crippen molar-refractivity contribution in [3.8, 4) is 0 Å². The third-order valence-electron chi connectivity index (χ3n) is 2.40. The first-order valence-corrected chi connectivity index (χ1v) is 7.74. The number of rotatable bonds is 4. The van der Waals surface area contributed by atoms with Gasteiger partial charge in [0.2, 0.25) is 0 Å². The van der Waals surface area contributed by atoms with Gasteiger partial charge in [0.1, 0.15) is 12.2 Å². The minimum Gasteiger partial charge on any atom is -0.461 e. The topological polar surface area (TPSA) is 64.6 Å². The number of hydrogen-bond acceptors (Lipinski definition) is 4. The molecule has 0 aliphatic heterocycles. The fourth-order valence-corrected chi connectivity index (χ4v) is 2.18. The lowest BCUT2D eigenvalue weighted by Crippen LogP contribution is -2.27. The van der Waals surface area contributed by atoms with Crippen LogP contribution in [-0.4, -0.2) is 17.7 Å². The van der Waals surface area contributed by atoms with E-state index in [0.717, 1.165) is 9.13 Å². The van der Waals surface area contributed by atoms with E-state index >= 15 is 0 Å². The van der Waals surface area contributed by atoms with E-state index in [4.69, 9.17) is 9.47 Å². The molecule has 0 aliphatic carbocycles. The molecule has 116 valence electrons. The van der Waals surface area contributed by atoms with Crippen LogP contribution in [0.4, 0.5) is 10.5 Å². The van der Waals surface area contributed by atoms with E-state index in [-0.39, 0.29) is 12.6 Å². The summed E-state index contributed by atoms with van der Waals surface area (Å²) in [5.74, 6) is -0.280. The van der Waals surface area contributed by atoms with Gasteiger partial charge < -0.3 is 9.47 Å². The molecular formula is C15H20INO4. The molecule has 1 aromatic carbocycles. The Morgan fingerprint density at radius 3 is 2.52 bits per heavy atom. The van der Waals surface area contributed by atoms with Gasteiger partial charge in [0.15, 0.2) is 0 Å². The second-order valence-electron chi connectivity index (χ2n) is 5.42. The molecule has 0 saturated heterocycles. The number of benzene rings is 1. The van der Waals surface area contributed by atoms with Crippen LogP contribution in [0, 0.1) is 3.57 Å². The van der Waals surface area contributed by atoms with Crippen LogP contribution in [0.25, 0.3) is 0 Å². The Balaban J connectivity index is 2.85. The number of amides is 1. The molecule has 1 amide bonds. The Labute approximate surface area is 138 Å². The number of esters is 1. The summed E-state index contributed by atoms with van der Waals surface area (Å²) in [5, 5.41) is 2.72. The Bertz CT molecular complexity index is 523. The number of hydrogen-bond donors (Lipinski definition) is 1. The number of carbonyl (C=O) groups excluding carboxylic acids is 2. The van der Waals surface area contributed by atoms with Gasteiger partial charge in [0.05, 0.1) is 5.69 Å². The van der Waals surface area contributed by atoms with Gasteiger partial charge in [-0.2, -0.15) is 0 Å². The standard InChI is InChI=1S/C15H20INO4/c1-5-12(18)20-9-10-7-6-8-11(16)13(10)17-14(19)21-15(2,3)4/h6-8H,5,9H2,1-4H3,(H,17,19). The van der Waals surface area contributed by atoms with Crippen molar-refractivity contribution in [1.29, 1.82) is 0 Å². The Morgan fingerprint density at radius 1 is 1.29 bits per heavy atom. The lowest BCUT2D eigenvalue weighted by atomic mass is 10.2. The van der Waals surface area contributed by atoms with Gasteiger partial charge >= 0.3 is 12.1 Å². The van der Waals surface area contributed by atoms with Crippen LogP contribution in [0.2, 0.25) is 0 Å². The molecule has 21 heavy (non-hydrogen) atoms. The lowest BCUT2D eigenvalue weighted by molar-refractivity contribution is -0.144. The summed E-state index contributed by atoms with van der Waals surface area (Å²) in [5.41, 5.74) is 0.768. The first-order valence-electron chi connectivity index (χ1n) is 6.66. The maximum absolute atomic E-state index is 11.9. The predicted molar refractivity (Wildman–Crippen MR) is 89.1 cm³/mol. The Hall–Kier alpha value is -1.31. The average Bonchev–Trinajstić information content (AvgIpc) is 2.37. The van der Waals surface area contributed by atoms with Crippen LogP contribution < -0.4 is 5.32 Å². The zero-order valence-corrected chi connectivity index (χ0v) is 14.8. The van der Waals surface area contributed by atoms with Gasteiger partial charge in [0, 0.05) is 15.6 Å². The number of para-hydroxylation sites is 1. The van der Waals surface area contributed by atoms with E-state index in [1.165, 1.54) is 0 Å². The van der Waals surface area contributed by atoms with Crippen molar-refractivity contribution < 1.29 is 19.1 Å². The van der Waals surface area contributed by atoms with E-state index in [1.807, 2.05) is 12.1 Å². The number of carbonyl (C=O) groups is 2. The maximum Gasteiger partial charge on any atom is 0.412 e. The van der Waals surface area contributed by atoms with Crippen molar-refractivity contribution >= 4 is 40.3 Å². The largest absolute Gasteiger partial charge is 0.461 e. The molecule has 0 spiro atoms. The molecule has 1 rings (SSSR count). The minimum absolute atomic E-state index is 0.120. The maximum atomic E-state index is 11.9. The average molecular weight is 405 g/mol. The number of ether oxygens (including phenoxy) is 2. The van der Waals surface area contributed by atoms with Crippen molar-refractivity contribution in [2.75, 3.05) is 5.32 Å². The van der Waals surface area contributed by atoms with Crippen LogP contribution in [0.5, 0.6) is 0 Å². The predicted octanol–water partition coefficient (Wildman–Crippen LogP) is 4.09. The van der Waals surface area contributed by atoms with E-state index in [1.54, 1.807) is 33.8 Å². The quantitative estimate of drug-likeness (QED) is 0.606. The van der Waals surface area contributed by atoms with Crippen LogP contribution >= 0.6 is 22.6 Å². The van der Waals surface area contributed by atoms with Crippen LogP contribution in [0.3, 0.4) is 0 Å². The van der Waals surface area contributed by atoms with Crippen molar-refractivity contribution in [1.82, 2.24) is 0 Å². The van der Waals surface area contributed by atoms with Crippen molar-refractivity contribution in [2.24, 2.45) is 0 Å². The molecule has 0 bridgehead atoms. The van der Waals surface area contributed by atoms with Crippen molar-refractivity contribution in [3.63, 3.8) is 0 Å². The van der Waals surface area contributed by atoms with E-state index in [0.29, 0.717) is 12.1 Å². The Morgan fingerprint density at radius 2 is 1.95 bits per heavy atom. The van der Waals surface area contributed by atoms with Crippen LogP contribution in [0.15, 0.2) is 18.2 Å². The summed E-state index contributed by atoms with van der Waals surface area (Å²) in [7, 11) is 0. The highest BCUT2D eigenvalue weighted by Gasteiger charge is 2.18. The summed E-state index contributed by atoms with van der Waals surface area (Å²) in [6, 6.07) is 5.51. The van der Waals surface area contributed by atoms with Gasteiger partial charge in [-0.3, -0.25) is 10.1 Å². The molecule has 0 radical (unpaired) electrons. The summed E-state index contributed by atoms with van der Waals surface area (Å²) in [4.78, 5) is 23.1. The first kappa shape index (κ1) is 17.7. The molecule has 0 heterocycles. The summed E-state index contributed by atoms with van der Waals surface area (Å²) >= 11 is 2.11. The molecule has 0 aliphatic rings. The molecule has 1 aromatic rings. The van der Waals surface area contributed by atoms with E-state index in [2.05, 4.69) is 27.9 Å². The molecule has 0 saturated carbocycles. The molecule has 0 unspecified atom stereocenters. The fourth-order valence-electron chi connectivity index (χ4n) is 1.50. The van der Waals surface area contributed by atoms with Gasteiger partial charge in [-0.25, -0.2) is 4.79 Å². The number of halogens is 1. The summed E-state index contributed by atoms with van der Waals surface area (Å²) in [6.07, 6.45) is -0.214. The molecular weight excluding hydrogens is 385 g/mol. The first-order chi connectivity index (χ1) is 9.73. The van der Waals surface area contributed by atoms with Gasteiger partial charge in [0.25, 0.3) is 0 Å². The Kier molecular flexibility index (Phi) is 6.44. The zero-order valence-electron chi connectivity index (χ0n) is 12.7. The summed E-state index contributed by atoms with van der Waals surface area (Å²) in [6.45, 7) is 7.25. The van der Waals surface area contributed by atoms with E-state index < -0.39 is 11.7 Å². The molecule has 5 nitrogen and oxygen atoms in total. The smallest absolute Gasteiger partial charge is 0.412 e. The zero-order chi connectivity index (χ0) is 16.0. The summed E-state index contributed by atoms with van der Waals surface area (Å²) < 4.78 is 11.2. The molecule has 6 heteroatoms. The minimum atomic E-state index is -0.570. The second-order valence-corrected chi connectivity index (χ2v) is 6.58. The van der Waals surface area contributed by atoms with Crippen LogP contribution in [-0.2, 0) is 20.9 Å². The van der Waals surface area contributed by atoms with Crippen molar-refractivity contribution in [3.05, 3.63) is 27.3 Å². The number of anilines is 1. The van der Waals surface area contributed by atoms with Gasteiger partial charge in [-0.15, -0.1) is 0 Å². The SMILES string of the molecule is CCC(=O)OCc1cccc(I)c1NC(=O)OC(C)(C)C. The second kappa shape index (κ2) is 7.63. The lowest BCUT2D eigenvalue weighted by Gasteiger charge is -2.21. The normalized spacial score (nSPS) is 10.9. The fraction of sp³-hybridized carbons (Fsp3) is 0.467. The van der Waals surface area contributed by atoms with Crippen LogP contribution in [0.1, 0.15) is 39.7 Å². The highest BCUT2D eigenvalue weighted by Crippen LogP contribution is 2.24. The molecule has 0 aromatic heterocycles. The van der Waals surface area contributed by atoms with Gasteiger partial charge in [-0.1, -0.05) is 19.1 Å².